The van der Waals surface area contributed by atoms with Crippen molar-refractivity contribution < 1.29 is 4.79 Å². The third-order valence-electron chi connectivity index (χ3n) is 3.10. The molecule has 4 heteroatoms. The number of amides is 1. The Bertz CT molecular complexity index is 464. The largest absolute Gasteiger partial charge is 0.310 e. The van der Waals surface area contributed by atoms with Crippen LogP contribution in [0.4, 0.5) is 5.69 Å². The van der Waals surface area contributed by atoms with Gasteiger partial charge < -0.3 is 10.2 Å². The molecule has 1 heterocycles. The van der Waals surface area contributed by atoms with E-state index in [1.807, 2.05) is 18.2 Å². The molecular formula is C13H15N3O. The topological polar surface area (TPSA) is 56.1 Å². The zero-order valence-electron chi connectivity index (χ0n) is 9.81. The van der Waals surface area contributed by atoms with E-state index < -0.39 is 0 Å². The predicted octanol–water partition coefficient (Wildman–Crippen LogP) is 1.27. The van der Waals surface area contributed by atoms with Gasteiger partial charge in [-0.05, 0) is 32.0 Å². The summed E-state index contributed by atoms with van der Waals surface area (Å²) in [6, 6.07) is 9.24. The summed E-state index contributed by atoms with van der Waals surface area (Å²) >= 11 is 0. The van der Waals surface area contributed by atoms with E-state index >= 15 is 0 Å². The van der Waals surface area contributed by atoms with Crippen molar-refractivity contribution in [2.45, 2.75) is 18.9 Å². The molecule has 0 aliphatic carbocycles. The first-order chi connectivity index (χ1) is 8.27. The average molecular weight is 229 g/mol. The van der Waals surface area contributed by atoms with E-state index in [4.69, 9.17) is 5.26 Å². The van der Waals surface area contributed by atoms with Crippen LogP contribution in [0.1, 0.15) is 18.4 Å². The summed E-state index contributed by atoms with van der Waals surface area (Å²) in [4.78, 5) is 13.9. The van der Waals surface area contributed by atoms with Crippen LogP contribution in [0, 0.1) is 11.3 Å². The Morgan fingerprint density at radius 3 is 2.94 bits per heavy atom. The Kier molecular flexibility index (Phi) is 3.40. The highest BCUT2D eigenvalue weighted by molar-refractivity contribution is 5.98. The SMILES string of the molecule is CNC1CCCN(c2ccccc2C#N)C1=O. The molecule has 1 unspecified atom stereocenters. The van der Waals surface area contributed by atoms with E-state index in [1.54, 1.807) is 18.0 Å². The molecule has 1 saturated heterocycles. The molecule has 0 saturated carbocycles. The maximum atomic E-state index is 12.2. The number of anilines is 1. The lowest BCUT2D eigenvalue weighted by molar-refractivity contribution is -0.121. The molecule has 2 rings (SSSR count). The van der Waals surface area contributed by atoms with Crippen molar-refractivity contribution in [3.63, 3.8) is 0 Å². The standard InChI is InChI=1S/C13H15N3O/c1-15-11-6-4-8-16(13(11)17)12-7-3-2-5-10(12)9-14/h2-3,5,7,11,15H,4,6,8H2,1H3. The zero-order chi connectivity index (χ0) is 12.3. The van der Waals surface area contributed by atoms with Crippen molar-refractivity contribution in [2.75, 3.05) is 18.5 Å². The van der Waals surface area contributed by atoms with Crippen LogP contribution < -0.4 is 10.2 Å². The molecule has 88 valence electrons. The minimum Gasteiger partial charge on any atom is -0.310 e. The predicted molar refractivity (Wildman–Crippen MR) is 65.6 cm³/mol. The molecule has 0 bridgehead atoms. The van der Waals surface area contributed by atoms with Crippen molar-refractivity contribution in [1.82, 2.24) is 5.32 Å². The lowest BCUT2D eigenvalue weighted by Gasteiger charge is -2.32. The van der Waals surface area contributed by atoms with Gasteiger partial charge in [-0.3, -0.25) is 4.79 Å². The van der Waals surface area contributed by atoms with E-state index in [-0.39, 0.29) is 11.9 Å². The summed E-state index contributed by atoms with van der Waals surface area (Å²) in [5.74, 6) is 0.0569. The van der Waals surface area contributed by atoms with E-state index in [0.29, 0.717) is 12.1 Å². The highest BCUT2D eigenvalue weighted by atomic mass is 16.2. The van der Waals surface area contributed by atoms with Gasteiger partial charge in [-0.15, -0.1) is 0 Å². The van der Waals surface area contributed by atoms with E-state index in [0.717, 1.165) is 18.5 Å². The first-order valence-electron chi connectivity index (χ1n) is 5.75. The molecule has 1 aromatic rings. The van der Waals surface area contributed by atoms with Gasteiger partial charge in [-0.25, -0.2) is 0 Å². The second-order valence-corrected chi connectivity index (χ2v) is 4.10. The second-order valence-electron chi connectivity index (χ2n) is 4.10. The van der Waals surface area contributed by atoms with Crippen LogP contribution in [0.3, 0.4) is 0 Å². The van der Waals surface area contributed by atoms with Crippen molar-refractivity contribution >= 4 is 11.6 Å². The van der Waals surface area contributed by atoms with Crippen LogP contribution in [-0.4, -0.2) is 25.5 Å². The van der Waals surface area contributed by atoms with Crippen LogP contribution in [0.15, 0.2) is 24.3 Å². The highest BCUT2D eigenvalue weighted by Gasteiger charge is 2.29. The first-order valence-corrected chi connectivity index (χ1v) is 5.75. The summed E-state index contributed by atoms with van der Waals surface area (Å²) in [6.07, 6.45) is 1.82. The van der Waals surface area contributed by atoms with Gasteiger partial charge in [-0.1, -0.05) is 12.1 Å². The molecule has 1 aliphatic heterocycles. The minimum absolute atomic E-state index is 0.0569. The fraction of sp³-hybridized carbons (Fsp3) is 0.385. The Balaban J connectivity index is 2.33. The van der Waals surface area contributed by atoms with Crippen LogP contribution >= 0.6 is 0 Å². The van der Waals surface area contributed by atoms with Crippen molar-refractivity contribution in [3.8, 4) is 6.07 Å². The molecule has 0 spiro atoms. The number of carbonyl (C=O) groups excluding carboxylic acids is 1. The van der Waals surface area contributed by atoms with Crippen LogP contribution in [0.2, 0.25) is 0 Å². The molecule has 1 aromatic carbocycles. The minimum atomic E-state index is -0.129. The van der Waals surface area contributed by atoms with E-state index in [1.165, 1.54) is 0 Å². The number of carbonyl (C=O) groups is 1. The van der Waals surface area contributed by atoms with E-state index in [9.17, 15) is 4.79 Å². The number of hydrogen-bond acceptors (Lipinski definition) is 3. The van der Waals surface area contributed by atoms with Gasteiger partial charge in [-0.2, -0.15) is 5.26 Å². The number of likely N-dealkylation sites (N-methyl/N-ethyl adjacent to an activating group) is 1. The van der Waals surface area contributed by atoms with Gasteiger partial charge >= 0.3 is 0 Å². The van der Waals surface area contributed by atoms with Gasteiger partial charge in [0.15, 0.2) is 0 Å². The quantitative estimate of drug-likeness (QED) is 0.831. The molecule has 1 N–H and O–H groups in total. The van der Waals surface area contributed by atoms with Crippen molar-refractivity contribution in [2.24, 2.45) is 0 Å². The molecule has 0 radical (unpaired) electrons. The smallest absolute Gasteiger partial charge is 0.244 e. The molecular weight excluding hydrogens is 214 g/mol. The Hall–Kier alpha value is -1.86. The molecule has 1 atom stereocenters. The summed E-state index contributed by atoms with van der Waals surface area (Å²) in [5, 5.41) is 12.1. The maximum absolute atomic E-state index is 12.2. The highest BCUT2D eigenvalue weighted by Crippen LogP contribution is 2.24. The molecule has 17 heavy (non-hydrogen) atoms. The Morgan fingerprint density at radius 2 is 2.24 bits per heavy atom. The van der Waals surface area contributed by atoms with Crippen LogP contribution in [0.5, 0.6) is 0 Å². The molecule has 1 aliphatic rings. The summed E-state index contributed by atoms with van der Waals surface area (Å²) in [6.45, 7) is 0.690. The third kappa shape index (κ3) is 2.15. The van der Waals surface area contributed by atoms with Crippen LogP contribution in [-0.2, 0) is 4.79 Å². The van der Waals surface area contributed by atoms with E-state index in [2.05, 4.69) is 11.4 Å². The monoisotopic (exact) mass is 229 g/mol. The number of nitriles is 1. The second kappa shape index (κ2) is 4.98. The summed E-state index contributed by atoms with van der Waals surface area (Å²) < 4.78 is 0. The van der Waals surface area contributed by atoms with Gasteiger partial charge in [0.2, 0.25) is 5.91 Å². The Morgan fingerprint density at radius 1 is 1.47 bits per heavy atom. The average Bonchev–Trinajstić information content (AvgIpc) is 2.39. The lowest BCUT2D eigenvalue weighted by Crippen LogP contribution is -2.50. The number of hydrogen-bond donors (Lipinski definition) is 1. The lowest BCUT2D eigenvalue weighted by atomic mass is 10.0. The maximum Gasteiger partial charge on any atom is 0.244 e. The third-order valence-corrected chi connectivity index (χ3v) is 3.10. The van der Waals surface area contributed by atoms with Gasteiger partial charge in [0, 0.05) is 6.54 Å². The number of nitrogens with zero attached hydrogens (tertiary/aromatic N) is 2. The Labute approximate surface area is 101 Å². The number of para-hydroxylation sites is 1. The zero-order valence-corrected chi connectivity index (χ0v) is 9.81. The molecule has 4 nitrogen and oxygen atoms in total. The number of nitrogens with one attached hydrogen (secondary N) is 1. The number of benzene rings is 1. The normalized spacial score (nSPS) is 20.1. The molecule has 0 aromatic heterocycles. The fourth-order valence-electron chi connectivity index (χ4n) is 2.19. The van der Waals surface area contributed by atoms with Gasteiger partial charge in [0.1, 0.15) is 6.07 Å². The first kappa shape index (κ1) is 11.6. The summed E-state index contributed by atoms with van der Waals surface area (Å²) in [7, 11) is 1.79. The van der Waals surface area contributed by atoms with Crippen LogP contribution in [0.25, 0.3) is 0 Å². The van der Waals surface area contributed by atoms with Crippen molar-refractivity contribution in [1.29, 1.82) is 5.26 Å². The molecule has 1 amide bonds. The molecule has 1 fully saturated rings. The van der Waals surface area contributed by atoms with Gasteiger partial charge in [0.05, 0.1) is 17.3 Å². The fourth-order valence-corrected chi connectivity index (χ4v) is 2.19. The summed E-state index contributed by atoms with van der Waals surface area (Å²) in [5.41, 5.74) is 1.28. The van der Waals surface area contributed by atoms with Crippen molar-refractivity contribution in [3.05, 3.63) is 29.8 Å². The van der Waals surface area contributed by atoms with Gasteiger partial charge in [0.25, 0.3) is 0 Å². The number of rotatable bonds is 2. The number of piperidine rings is 1.